The van der Waals surface area contributed by atoms with Gasteiger partial charge in [0.05, 0.1) is 5.69 Å². The van der Waals surface area contributed by atoms with E-state index in [2.05, 4.69) is 15.6 Å². The fourth-order valence-electron chi connectivity index (χ4n) is 2.41. The van der Waals surface area contributed by atoms with Gasteiger partial charge in [-0.3, -0.25) is 9.59 Å². The molecule has 0 aromatic heterocycles. The first-order valence-electron chi connectivity index (χ1n) is 8.20. The fraction of sp³-hybridized carbons (Fsp3) is 0.211. The molecule has 8 heteroatoms. The molecule has 0 radical (unpaired) electrons. The van der Waals surface area contributed by atoms with Gasteiger partial charge in [0.15, 0.2) is 5.17 Å². The number of hydrogen-bond donors (Lipinski definition) is 2. The van der Waals surface area contributed by atoms with Crippen molar-refractivity contribution in [3.63, 3.8) is 0 Å². The van der Waals surface area contributed by atoms with Crippen LogP contribution in [0.4, 0.5) is 15.8 Å². The summed E-state index contributed by atoms with van der Waals surface area (Å²) in [5.74, 6) is -0.965. The summed E-state index contributed by atoms with van der Waals surface area (Å²) in [6.07, 6.45) is -0.0106. The highest BCUT2D eigenvalue weighted by Gasteiger charge is 2.32. The average molecular weight is 406 g/mol. The molecular weight excluding hydrogens is 389 g/mol. The van der Waals surface area contributed by atoms with Crippen LogP contribution in [0.2, 0.25) is 5.02 Å². The van der Waals surface area contributed by atoms with Crippen molar-refractivity contribution in [1.29, 1.82) is 0 Å². The topological polar surface area (TPSA) is 70.6 Å². The van der Waals surface area contributed by atoms with Gasteiger partial charge in [0.1, 0.15) is 11.1 Å². The molecule has 0 aliphatic carbocycles. The summed E-state index contributed by atoms with van der Waals surface area (Å²) in [6, 6.07) is 9.80. The standard InChI is InChI=1S/C19H17ClFN3O2S/c1-10-3-5-12(7-14(10)20)22-17(25)9-16-18(26)24-19(27-16)23-13-6-4-11(2)15(21)8-13/h3-8,16H,9H2,1-2H3,(H,22,25)(H,23,24,26)/t16-/m0/s1. The van der Waals surface area contributed by atoms with Crippen molar-refractivity contribution in [3.05, 3.63) is 58.4 Å². The van der Waals surface area contributed by atoms with E-state index in [4.69, 9.17) is 11.6 Å². The van der Waals surface area contributed by atoms with E-state index >= 15 is 0 Å². The molecular formula is C19H17ClFN3O2S. The SMILES string of the molecule is Cc1ccc(N=C2NC(=O)[C@H](CC(=O)Nc3ccc(C)c(Cl)c3)S2)cc1F. The van der Waals surface area contributed by atoms with Gasteiger partial charge in [-0.2, -0.15) is 0 Å². The largest absolute Gasteiger partial charge is 0.326 e. The van der Waals surface area contributed by atoms with Crippen LogP contribution in [-0.2, 0) is 9.59 Å². The number of hydrogen-bond acceptors (Lipinski definition) is 4. The number of thioether (sulfide) groups is 1. The first-order chi connectivity index (χ1) is 12.8. The molecule has 27 heavy (non-hydrogen) atoms. The maximum absolute atomic E-state index is 13.6. The Balaban J connectivity index is 1.63. The summed E-state index contributed by atoms with van der Waals surface area (Å²) in [5, 5.41) is 5.66. The van der Waals surface area contributed by atoms with Gasteiger partial charge in [0, 0.05) is 17.1 Å². The highest BCUT2D eigenvalue weighted by Crippen LogP contribution is 2.27. The van der Waals surface area contributed by atoms with Crippen molar-refractivity contribution in [2.45, 2.75) is 25.5 Å². The van der Waals surface area contributed by atoms with E-state index in [1.807, 2.05) is 6.92 Å². The molecule has 1 heterocycles. The lowest BCUT2D eigenvalue weighted by atomic mass is 10.2. The van der Waals surface area contributed by atoms with Gasteiger partial charge < -0.3 is 10.6 Å². The molecule has 2 aromatic carbocycles. The van der Waals surface area contributed by atoms with Crippen molar-refractivity contribution in [2.24, 2.45) is 4.99 Å². The molecule has 1 saturated heterocycles. The third-order valence-electron chi connectivity index (χ3n) is 3.99. The molecule has 1 atom stereocenters. The van der Waals surface area contributed by atoms with Gasteiger partial charge >= 0.3 is 0 Å². The lowest BCUT2D eigenvalue weighted by Crippen LogP contribution is -2.28. The number of aliphatic imine (C=N–C) groups is 1. The summed E-state index contributed by atoms with van der Waals surface area (Å²) in [5.41, 5.74) is 2.41. The van der Waals surface area contributed by atoms with E-state index in [1.54, 1.807) is 37.3 Å². The van der Waals surface area contributed by atoms with Crippen LogP contribution in [0.3, 0.4) is 0 Å². The maximum atomic E-state index is 13.6. The molecule has 0 saturated carbocycles. The zero-order valence-electron chi connectivity index (χ0n) is 14.7. The third-order valence-corrected chi connectivity index (χ3v) is 5.48. The highest BCUT2D eigenvalue weighted by atomic mass is 35.5. The second-order valence-electron chi connectivity index (χ2n) is 6.16. The predicted molar refractivity (Wildman–Crippen MR) is 107 cm³/mol. The normalized spacial score (nSPS) is 17.9. The summed E-state index contributed by atoms with van der Waals surface area (Å²) in [7, 11) is 0. The van der Waals surface area contributed by atoms with E-state index in [1.165, 1.54) is 6.07 Å². The molecule has 0 spiro atoms. The lowest BCUT2D eigenvalue weighted by molar-refractivity contribution is -0.122. The van der Waals surface area contributed by atoms with Crippen LogP contribution in [0.1, 0.15) is 17.5 Å². The maximum Gasteiger partial charge on any atom is 0.240 e. The molecule has 2 N–H and O–H groups in total. The summed E-state index contributed by atoms with van der Waals surface area (Å²) < 4.78 is 13.6. The summed E-state index contributed by atoms with van der Waals surface area (Å²) in [4.78, 5) is 28.5. The van der Waals surface area contributed by atoms with Gasteiger partial charge in [-0.15, -0.1) is 0 Å². The number of nitrogens with zero attached hydrogens (tertiary/aromatic N) is 1. The number of rotatable bonds is 4. The number of carbonyl (C=O) groups is 2. The van der Waals surface area contributed by atoms with E-state index in [0.717, 1.165) is 17.3 Å². The predicted octanol–water partition coefficient (Wildman–Crippen LogP) is 4.34. The number of benzene rings is 2. The van der Waals surface area contributed by atoms with E-state index in [9.17, 15) is 14.0 Å². The minimum absolute atomic E-state index is 0.0106. The summed E-state index contributed by atoms with van der Waals surface area (Å²) in [6.45, 7) is 3.53. The molecule has 3 rings (SSSR count). The number of amides is 2. The molecule has 5 nitrogen and oxygen atoms in total. The average Bonchev–Trinajstić information content (AvgIpc) is 2.93. The molecule has 2 aromatic rings. The van der Waals surface area contributed by atoms with E-state index in [0.29, 0.717) is 27.1 Å². The number of nitrogens with one attached hydrogen (secondary N) is 2. The second kappa shape index (κ2) is 8.10. The number of aryl methyl sites for hydroxylation is 2. The van der Waals surface area contributed by atoms with Gasteiger partial charge in [0.2, 0.25) is 11.8 Å². The number of carbonyl (C=O) groups excluding carboxylic acids is 2. The van der Waals surface area contributed by atoms with E-state index < -0.39 is 5.25 Å². The number of halogens is 2. The van der Waals surface area contributed by atoms with Crippen molar-refractivity contribution >= 4 is 51.7 Å². The Hall–Kier alpha value is -2.38. The Morgan fingerprint density at radius 1 is 1.26 bits per heavy atom. The van der Waals surface area contributed by atoms with Gasteiger partial charge in [-0.1, -0.05) is 35.5 Å². The quantitative estimate of drug-likeness (QED) is 0.794. The van der Waals surface area contributed by atoms with Crippen LogP contribution in [0.25, 0.3) is 0 Å². The first kappa shape index (κ1) is 19.4. The Morgan fingerprint density at radius 2 is 2.00 bits per heavy atom. The molecule has 2 amide bonds. The minimum atomic E-state index is -0.597. The Kier molecular flexibility index (Phi) is 5.82. The van der Waals surface area contributed by atoms with Crippen molar-refractivity contribution in [1.82, 2.24) is 5.32 Å². The van der Waals surface area contributed by atoms with Crippen molar-refractivity contribution in [3.8, 4) is 0 Å². The minimum Gasteiger partial charge on any atom is -0.326 e. The van der Waals surface area contributed by atoms with Crippen LogP contribution in [0, 0.1) is 19.7 Å². The molecule has 0 unspecified atom stereocenters. The van der Waals surface area contributed by atoms with Gasteiger partial charge in [-0.25, -0.2) is 9.38 Å². The zero-order chi connectivity index (χ0) is 19.6. The van der Waals surface area contributed by atoms with Gasteiger partial charge in [0.25, 0.3) is 0 Å². The molecule has 1 aliphatic rings. The third kappa shape index (κ3) is 4.87. The van der Waals surface area contributed by atoms with Crippen molar-refractivity contribution < 1.29 is 14.0 Å². The van der Waals surface area contributed by atoms with E-state index in [-0.39, 0.29) is 24.1 Å². The first-order valence-corrected chi connectivity index (χ1v) is 9.46. The molecule has 0 bridgehead atoms. The summed E-state index contributed by atoms with van der Waals surface area (Å²) >= 11 is 7.19. The fourth-order valence-corrected chi connectivity index (χ4v) is 3.58. The highest BCUT2D eigenvalue weighted by molar-refractivity contribution is 8.15. The second-order valence-corrected chi connectivity index (χ2v) is 7.76. The lowest BCUT2D eigenvalue weighted by Gasteiger charge is -2.08. The van der Waals surface area contributed by atoms with Crippen LogP contribution >= 0.6 is 23.4 Å². The number of anilines is 1. The Bertz CT molecular complexity index is 949. The smallest absolute Gasteiger partial charge is 0.240 e. The van der Waals surface area contributed by atoms with Crippen molar-refractivity contribution in [2.75, 3.05) is 5.32 Å². The van der Waals surface area contributed by atoms with Crippen LogP contribution in [0.5, 0.6) is 0 Å². The molecule has 140 valence electrons. The van der Waals surface area contributed by atoms with Gasteiger partial charge in [-0.05, 0) is 49.2 Å². The van der Waals surface area contributed by atoms with Crippen LogP contribution < -0.4 is 10.6 Å². The van der Waals surface area contributed by atoms with Crippen LogP contribution in [0.15, 0.2) is 41.4 Å². The monoisotopic (exact) mass is 405 g/mol. The van der Waals surface area contributed by atoms with Crippen LogP contribution in [-0.4, -0.2) is 22.2 Å². The Morgan fingerprint density at radius 3 is 2.70 bits per heavy atom. The molecule has 1 aliphatic heterocycles. The zero-order valence-corrected chi connectivity index (χ0v) is 16.2. The molecule has 1 fully saturated rings. The number of amidine groups is 1. The Labute approximate surface area is 165 Å².